The number of anilines is 1. The number of hydrogen-bond acceptors (Lipinski definition) is 7. The van der Waals surface area contributed by atoms with Gasteiger partial charge in [0.1, 0.15) is 0 Å². The Hall–Kier alpha value is -1.91. The zero-order valence-electron chi connectivity index (χ0n) is 18.2. The van der Waals surface area contributed by atoms with Crippen LogP contribution in [0.3, 0.4) is 0 Å². The lowest BCUT2D eigenvalue weighted by atomic mass is 10.3. The molecule has 168 valence electrons. The summed E-state index contributed by atoms with van der Waals surface area (Å²) in [6.07, 6.45) is 3.45. The normalized spacial score (nSPS) is 18.1. The molecule has 2 aliphatic heterocycles. The predicted octanol–water partition coefficient (Wildman–Crippen LogP) is 0.241. The van der Waals surface area contributed by atoms with Crippen LogP contribution in [0.4, 0.5) is 5.13 Å². The Kier molecular flexibility index (Phi) is 9.16. The van der Waals surface area contributed by atoms with Crippen LogP contribution in [0.15, 0.2) is 10.4 Å². The number of aromatic nitrogens is 1. The van der Waals surface area contributed by atoms with Crippen molar-refractivity contribution < 1.29 is 9.53 Å². The molecule has 30 heavy (non-hydrogen) atoms. The summed E-state index contributed by atoms with van der Waals surface area (Å²) in [5, 5.41) is 9.68. The van der Waals surface area contributed by atoms with E-state index in [4.69, 9.17) is 9.72 Å². The fraction of sp³-hybridized carbons (Fsp3) is 0.750. The highest BCUT2D eigenvalue weighted by Gasteiger charge is 2.21. The number of rotatable bonds is 9. The molecule has 3 rings (SSSR count). The number of amides is 1. The number of piperazine rings is 1. The maximum Gasteiger partial charge on any atom is 0.234 e. The molecule has 0 spiro atoms. The van der Waals surface area contributed by atoms with Crippen LogP contribution in [0.2, 0.25) is 0 Å². The Morgan fingerprint density at radius 3 is 2.63 bits per heavy atom. The van der Waals surface area contributed by atoms with Gasteiger partial charge in [-0.25, -0.2) is 4.98 Å². The molecular formula is C20H35N7O2S. The second-order valence-corrected chi connectivity index (χ2v) is 8.48. The van der Waals surface area contributed by atoms with Crippen LogP contribution in [0.1, 0.15) is 18.5 Å². The van der Waals surface area contributed by atoms with Gasteiger partial charge in [0.2, 0.25) is 5.91 Å². The van der Waals surface area contributed by atoms with E-state index in [-0.39, 0.29) is 5.91 Å². The molecule has 2 fully saturated rings. The molecule has 2 aliphatic rings. The fourth-order valence-electron chi connectivity index (χ4n) is 3.77. The van der Waals surface area contributed by atoms with E-state index in [1.165, 1.54) is 12.8 Å². The highest BCUT2D eigenvalue weighted by Crippen LogP contribution is 2.24. The van der Waals surface area contributed by atoms with Crippen molar-refractivity contribution in [2.45, 2.75) is 19.3 Å². The summed E-state index contributed by atoms with van der Waals surface area (Å²) in [4.78, 5) is 28.0. The molecule has 0 atom stereocenters. The van der Waals surface area contributed by atoms with Crippen LogP contribution in [0.25, 0.3) is 0 Å². The zero-order valence-corrected chi connectivity index (χ0v) is 19.0. The van der Waals surface area contributed by atoms with E-state index in [9.17, 15) is 4.79 Å². The number of methoxy groups -OCH3 is 1. The molecule has 10 heteroatoms. The van der Waals surface area contributed by atoms with Gasteiger partial charge in [0, 0.05) is 78.3 Å². The Bertz CT molecular complexity index is 682. The fourth-order valence-corrected chi connectivity index (χ4v) is 4.68. The monoisotopic (exact) mass is 437 g/mol. The Balaban J connectivity index is 1.35. The highest BCUT2D eigenvalue weighted by atomic mass is 32.1. The van der Waals surface area contributed by atoms with Crippen molar-refractivity contribution in [2.24, 2.45) is 4.99 Å². The lowest BCUT2D eigenvalue weighted by Gasteiger charge is -2.36. The number of guanidine groups is 1. The van der Waals surface area contributed by atoms with Crippen molar-refractivity contribution >= 4 is 28.3 Å². The number of hydrogen-bond donors (Lipinski definition) is 2. The van der Waals surface area contributed by atoms with E-state index >= 15 is 0 Å². The summed E-state index contributed by atoms with van der Waals surface area (Å²) in [5.74, 6) is 0.980. The molecule has 1 aromatic rings. The van der Waals surface area contributed by atoms with Crippen molar-refractivity contribution in [3.8, 4) is 0 Å². The number of carbonyl (C=O) groups is 1. The number of thiazole rings is 1. The number of carbonyl (C=O) groups excluding carboxylic acids is 1. The van der Waals surface area contributed by atoms with Gasteiger partial charge in [0.15, 0.2) is 11.1 Å². The molecule has 0 unspecified atom stereocenters. The zero-order chi connectivity index (χ0) is 21.2. The van der Waals surface area contributed by atoms with Gasteiger partial charge >= 0.3 is 0 Å². The Morgan fingerprint density at radius 2 is 1.93 bits per heavy atom. The first-order valence-corrected chi connectivity index (χ1v) is 11.7. The third kappa shape index (κ3) is 6.82. The maximum atomic E-state index is 12.0. The molecule has 2 saturated heterocycles. The minimum atomic E-state index is 0.0552. The van der Waals surface area contributed by atoms with Crippen molar-refractivity contribution in [3.05, 3.63) is 11.1 Å². The van der Waals surface area contributed by atoms with Crippen LogP contribution in [0.5, 0.6) is 0 Å². The summed E-state index contributed by atoms with van der Waals surface area (Å²) in [6.45, 7) is 8.06. The molecular weight excluding hydrogens is 402 g/mol. The van der Waals surface area contributed by atoms with E-state index in [0.29, 0.717) is 19.7 Å². The van der Waals surface area contributed by atoms with E-state index < -0.39 is 0 Å². The average molecular weight is 438 g/mol. The molecule has 0 aromatic carbocycles. The number of aliphatic imine (C=N–C) groups is 1. The smallest absolute Gasteiger partial charge is 0.234 e. The van der Waals surface area contributed by atoms with Crippen molar-refractivity contribution in [1.82, 2.24) is 25.4 Å². The van der Waals surface area contributed by atoms with Gasteiger partial charge in [0.25, 0.3) is 0 Å². The molecule has 0 aliphatic carbocycles. The van der Waals surface area contributed by atoms with Crippen LogP contribution in [0, 0.1) is 0 Å². The van der Waals surface area contributed by atoms with Crippen molar-refractivity contribution in [1.29, 1.82) is 0 Å². The summed E-state index contributed by atoms with van der Waals surface area (Å²) >= 11 is 1.75. The third-order valence-electron chi connectivity index (χ3n) is 5.46. The minimum absolute atomic E-state index is 0.0552. The summed E-state index contributed by atoms with van der Waals surface area (Å²) < 4.78 is 4.96. The summed E-state index contributed by atoms with van der Waals surface area (Å²) in [7, 11) is 3.46. The molecule has 1 amide bonds. The topological polar surface area (TPSA) is 85.3 Å². The standard InChI is InChI=1S/C20H35N7O2S/c1-21-19(23-6-5-17-16-30-20(24-17)27-8-3-4-9-27)26-12-10-25(11-13-26)15-18(28)22-7-14-29-2/h16H,3-15H2,1-2H3,(H,21,23)(H,22,28). The summed E-state index contributed by atoms with van der Waals surface area (Å²) in [6, 6.07) is 0. The third-order valence-corrected chi connectivity index (χ3v) is 6.41. The van der Waals surface area contributed by atoms with Crippen molar-refractivity contribution in [3.63, 3.8) is 0 Å². The van der Waals surface area contributed by atoms with Gasteiger partial charge in [0.05, 0.1) is 18.8 Å². The molecule has 1 aromatic heterocycles. The second kappa shape index (κ2) is 12.1. The lowest BCUT2D eigenvalue weighted by molar-refractivity contribution is -0.122. The molecule has 0 saturated carbocycles. The average Bonchev–Trinajstić information content (AvgIpc) is 3.44. The number of ether oxygens (including phenoxy) is 1. The minimum Gasteiger partial charge on any atom is -0.383 e. The van der Waals surface area contributed by atoms with Gasteiger partial charge in [-0.2, -0.15) is 0 Å². The summed E-state index contributed by atoms with van der Waals surface area (Å²) in [5.41, 5.74) is 1.15. The van der Waals surface area contributed by atoms with Crippen LogP contribution in [-0.4, -0.2) is 106 Å². The van der Waals surface area contributed by atoms with E-state index in [0.717, 1.165) is 69.0 Å². The van der Waals surface area contributed by atoms with Crippen molar-refractivity contribution in [2.75, 3.05) is 84.6 Å². The first-order chi connectivity index (χ1) is 14.7. The number of nitrogens with one attached hydrogen (secondary N) is 2. The highest BCUT2D eigenvalue weighted by molar-refractivity contribution is 7.13. The predicted molar refractivity (Wildman–Crippen MR) is 122 cm³/mol. The van der Waals surface area contributed by atoms with E-state index in [2.05, 4.69) is 35.7 Å². The Labute approximate surface area is 183 Å². The van der Waals surface area contributed by atoms with E-state index in [1.807, 2.05) is 7.05 Å². The maximum absolute atomic E-state index is 12.0. The molecule has 9 nitrogen and oxygen atoms in total. The second-order valence-electron chi connectivity index (χ2n) is 7.65. The lowest BCUT2D eigenvalue weighted by Crippen LogP contribution is -2.54. The molecule has 2 N–H and O–H groups in total. The van der Waals surface area contributed by atoms with Crippen LogP contribution < -0.4 is 15.5 Å². The first kappa shape index (κ1) is 22.8. The van der Waals surface area contributed by atoms with Gasteiger partial charge in [-0.1, -0.05) is 0 Å². The van der Waals surface area contributed by atoms with E-state index in [1.54, 1.807) is 18.4 Å². The van der Waals surface area contributed by atoms with Gasteiger partial charge in [-0.3, -0.25) is 14.7 Å². The molecule has 0 radical (unpaired) electrons. The Morgan fingerprint density at radius 1 is 1.17 bits per heavy atom. The SMILES string of the molecule is CN=C(NCCc1csc(N2CCCC2)n1)N1CCN(CC(=O)NCCOC)CC1. The molecule has 3 heterocycles. The first-order valence-electron chi connectivity index (χ1n) is 10.8. The van der Waals surface area contributed by atoms with Gasteiger partial charge in [-0.15, -0.1) is 11.3 Å². The van der Waals surface area contributed by atoms with Gasteiger partial charge in [-0.05, 0) is 12.8 Å². The quantitative estimate of drug-likeness (QED) is 0.325. The van der Waals surface area contributed by atoms with Crippen LogP contribution >= 0.6 is 11.3 Å². The van der Waals surface area contributed by atoms with Crippen LogP contribution in [-0.2, 0) is 16.0 Å². The number of nitrogens with zero attached hydrogens (tertiary/aromatic N) is 5. The molecule has 0 bridgehead atoms. The van der Waals surface area contributed by atoms with Gasteiger partial charge < -0.3 is 25.2 Å². The largest absolute Gasteiger partial charge is 0.383 e.